The van der Waals surface area contributed by atoms with Gasteiger partial charge in [0.2, 0.25) is 0 Å². The Morgan fingerprint density at radius 2 is 0.688 bits per heavy atom. The topological polar surface area (TPSA) is 25.8 Å². The van der Waals surface area contributed by atoms with Gasteiger partial charge >= 0.3 is 0 Å². The van der Waals surface area contributed by atoms with Gasteiger partial charge in [0.25, 0.3) is 0 Å². The number of hydrogen-bond donors (Lipinski definition) is 0. The highest BCUT2D eigenvalue weighted by molar-refractivity contribution is 6.37. The summed E-state index contributed by atoms with van der Waals surface area (Å²) >= 11 is 0. The molecule has 12 aromatic carbocycles. The molecule has 0 saturated carbocycles. The molecule has 64 heavy (non-hydrogen) atoms. The Balaban J connectivity index is 0.941. The van der Waals surface area contributed by atoms with Gasteiger partial charge in [-0.3, -0.25) is 0 Å². The highest BCUT2D eigenvalue weighted by Crippen LogP contribution is 2.45. The largest absolute Gasteiger partial charge is 0.228 e. The molecule has 0 amide bonds. The minimum atomic E-state index is 0.704. The fraction of sp³-hybridized carbons (Fsp3) is 0. The normalized spacial score (nSPS) is 11.8. The van der Waals surface area contributed by atoms with Crippen molar-refractivity contribution in [1.29, 1.82) is 0 Å². The smallest absolute Gasteiger partial charge is 0.160 e. The molecule has 0 N–H and O–H groups in total. The first-order chi connectivity index (χ1) is 31.7. The predicted molar refractivity (Wildman–Crippen MR) is 271 cm³/mol. The van der Waals surface area contributed by atoms with E-state index < -0.39 is 0 Å². The summed E-state index contributed by atoms with van der Waals surface area (Å²) in [4.78, 5) is 10.3. The molecule has 0 bridgehead atoms. The van der Waals surface area contributed by atoms with Gasteiger partial charge < -0.3 is 0 Å². The van der Waals surface area contributed by atoms with Gasteiger partial charge in [-0.05, 0) is 122 Å². The summed E-state index contributed by atoms with van der Waals surface area (Å²) in [6.45, 7) is 0. The van der Waals surface area contributed by atoms with Crippen LogP contribution in [0.15, 0.2) is 231 Å². The van der Waals surface area contributed by atoms with Crippen LogP contribution in [0.25, 0.3) is 132 Å². The van der Waals surface area contributed by atoms with Crippen molar-refractivity contribution in [2.24, 2.45) is 0 Å². The second-order valence-corrected chi connectivity index (χ2v) is 16.9. The van der Waals surface area contributed by atoms with Crippen LogP contribution in [0.1, 0.15) is 0 Å². The highest BCUT2D eigenvalue weighted by Gasteiger charge is 2.18. The first-order valence-electron chi connectivity index (χ1n) is 22.0. The Kier molecular flexibility index (Phi) is 8.25. The number of benzene rings is 11. The fourth-order valence-electron chi connectivity index (χ4n) is 10.2. The number of hydrogen-bond acceptors (Lipinski definition) is 2. The van der Waals surface area contributed by atoms with E-state index in [0.717, 1.165) is 44.8 Å². The van der Waals surface area contributed by atoms with Crippen LogP contribution in [-0.4, -0.2) is 9.97 Å². The van der Waals surface area contributed by atoms with Crippen molar-refractivity contribution in [1.82, 2.24) is 9.97 Å². The molecule has 0 radical (unpaired) electrons. The molecular weight excluding hydrogens is 773 g/mol. The fourth-order valence-corrected chi connectivity index (χ4v) is 10.2. The van der Waals surface area contributed by atoms with Crippen molar-refractivity contribution in [2.75, 3.05) is 0 Å². The molecule has 0 spiro atoms. The second kappa shape index (κ2) is 14.6. The van der Waals surface area contributed by atoms with E-state index in [1.807, 2.05) is 18.2 Å². The molecule has 13 aromatic rings. The molecule has 0 aliphatic heterocycles. The zero-order valence-electron chi connectivity index (χ0n) is 34.8. The van der Waals surface area contributed by atoms with Crippen LogP contribution in [0, 0.1) is 0 Å². The summed E-state index contributed by atoms with van der Waals surface area (Å²) in [7, 11) is 0. The Hall–Kier alpha value is -8.46. The van der Waals surface area contributed by atoms with E-state index in [9.17, 15) is 0 Å². The molecule has 0 aliphatic rings. The Bertz CT molecular complexity index is 3920. The third-order valence-electron chi connectivity index (χ3n) is 13.2. The van der Waals surface area contributed by atoms with Crippen molar-refractivity contribution in [3.8, 4) is 67.3 Å². The number of nitrogens with zero attached hydrogens (tertiary/aromatic N) is 2. The van der Waals surface area contributed by atoms with E-state index in [2.05, 4.69) is 212 Å². The molecule has 0 atom stereocenters. The zero-order chi connectivity index (χ0) is 42.1. The van der Waals surface area contributed by atoms with Crippen molar-refractivity contribution in [2.45, 2.75) is 0 Å². The molecule has 0 fully saturated rings. The van der Waals surface area contributed by atoms with E-state index in [1.165, 1.54) is 81.3 Å². The third kappa shape index (κ3) is 5.88. The predicted octanol–water partition coefficient (Wildman–Crippen LogP) is 16.8. The minimum Gasteiger partial charge on any atom is -0.228 e. The highest BCUT2D eigenvalue weighted by atomic mass is 14.9. The number of aromatic nitrogens is 2. The van der Waals surface area contributed by atoms with Crippen LogP contribution in [0.3, 0.4) is 0 Å². The van der Waals surface area contributed by atoms with Crippen LogP contribution in [0.4, 0.5) is 0 Å². The molecular formula is C62H38N2. The molecule has 2 heteroatoms. The van der Waals surface area contributed by atoms with Crippen LogP contribution in [0.5, 0.6) is 0 Å². The lowest BCUT2D eigenvalue weighted by Crippen LogP contribution is -1.97. The van der Waals surface area contributed by atoms with E-state index >= 15 is 0 Å². The zero-order valence-corrected chi connectivity index (χ0v) is 34.8. The van der Waals surface area contributed by atoms with Gasteiger partial charge in [-0.1, -0.05) is 206 Å². The first kappa shape index (κ1) is 36.2. The molecule has 0 aliphatic carbocycles. The van der Waals surface area contributed by atoms with Crippen molar-refractivity contribution in [3.63, 3.8) is 0 Å². The second-order valence-electron chi connectivity index (χ2n) is 16.9. The molecule has 13 rings (SSSR count). The lowest BCUT2D eigenvalue weighted by Gasteiger charge is -2.17. The minimum absolute atomic E-state index is 0.704. The number of rotatable bonds is 6. The van der Waals surface area contributed by atoms with E-state index in [4.69, 9.17) is 9.97 Å². The Labute approximate surface area is 370 Å². The Morgan fingerprint density at radius 1 is 0.219 bits per heavy atom. The maximum atomic E-state index is 5.17. The summed E-state index contributed by atoms with van der Waals surface area (Å²) in [5, 5.41) is 15.5. The molecule has 0 unspecified atom stereocenters. The van der Waals surface area contributed by atoms with Gasteiger partial charge in [0.1, 0.15) is 0 Å². The van der Waals surface area contributed by atoms with Crippen molar-refractivity contribution in [3.05, 3.63) is 231 Å². The van der Waals surface area contributed by atoms with E-state index in [-0.39, 0.29) is 0 Å². The lowest BCUT2D eigenvalue weighted by atomic mass is 9.86. The summed E-state index contributed by atoms with van der Waals surface area (Å²) in [6, 6.07) is 83.6. The maximum absolute atomic E-state index is 5.17. The Morgan fingerprint density at radius 3 is 1.33 bits per heavy atom. The summed E-state index contributed by atoms with van der Waals surface area (Å²) < 4.78 is 0. The standard InChI is InChI=1S/C62H38N2/c1-3-13-40(14-4-1)50-22-7-8-23-51(50)57-38-56(63-62(64-57)45-15-5-2-6-16-45)41-29-27-39(28-30-41)46-20-9-21-47(35-46)49-36-48-34-33-44-18-11-25-53-52-24-10-17-42-31-32-43-19-12-26-54(60(43)58(42)52)55(37-49)61(48)59(44)53/h1-38H. The molecule has 1 heterocycles. The summed E-state index contributed by atoms with van der Waals surface area (Å²) in [6.07, 6.45) is 0. The maximum Gasteiger partial charge on any atom is 0.160 e. The number of fused-ring (bicyclic) bond motifs is 2. The van der Waals surface area contributed by atoms with Crippen molar-refractivity contribution < 1.29 is 0 Å². The lowest BCUT2D eigenvalue weighted by molar-refractivity contribution is 1.18. The van der Waals surface area contributed by atoms with Gasteiger partial charge in [-0.25, -0.2) is 9.97 Å². The van der Waals surface area contributed by atoms with Crippen LogP contribution in [0.2, 0.25) is 0 Å². The molecule has 296 valence electrons. The average Bonchev–Trinajstić information content (AvgIpc) is 3.37. The first-order valence-corrected chi connectivity index (χ1v) is 22.0. The van der Waals surface area contributed by atoms with Gasteiger partial charge in [0, 0.05) is 16.7 Å². The van der Waals surface area contributed by atoms with Gasteiger partial charge in [0.05, 0.1) is 11.4 Å². The van der Waals surface area contributed by atoms with Gasteiger partial charge in [-0.15, -0.1) is 0 Å². The van der Waals surface area contributed by atoms with Crippen LogP contribution in [-0.2, 0) is 0 Å². The van der Waals surface area contributed by atoms with Crippen LogP contribution >= 0.6 is 0 Å². The van der Waals surface area contributed by atoms with Crippen LogP contribution < -0.4 is 0 Å². The molecule has 0 saturated heterocycles. The van der Waals surface area contributed by atoms with E-state index in [0.29, 0.717) is 5.82 Å². The third-order valence-corrected chi connectivity index (χ3v) is 13.2. The molecule has 1 aromatic heterocycles. The summed E-state index contributed by atoms with van der Waals surface area (Å²) in [5.74, 6) is 0.704. The quantitative estimate of drug-likeness (QED) is 0.156. The van der Waals surface area contributed by atoms with Gasteiger partial charge in [-0.2, -0.15) is 0 Å². The average molecular weight is 811 g/mol. The van der Waals surface area contributed by atoms with Gasteiger partial charge in [0.15, 0.2) is 5.82 Å². The van der Waals surface area contributed by atoms with Crippen molar-refractivity contribution >= 4 is 64.6 Å². The SMILES string of the molecule is c1ccc(-c2nc(-c3ccc(-c4cccc(-c5cc6ccc7cccc8c9cccc%10ccc%11cccc(c(c5)c6c78)c%11c%109)c4)cc3)cc(-c3ccccc3-c3ccccc3)n2)cc1. The monoisotopic (exact) mass is 810 g/mol. The summed E-state index contributed by atoms with van der Waals surface area (Å²) in [5.41, 5.74) is 11.9. The van der Waals surface area contributed by atoms with E-state index in [1.54, 1.807) is 0 Å². The molecule has 2 nitrogen and oxygen atoms in total.